The van der Waals surface area contributed by atoms with E-state index in [0.717, 1.165) is 15.6 Å². The summed E-state index contributed by atoms with van der Waals surface area (Å²) >= 11 is 2.74. The van der Waals surface area contributed by atoms with Gasteiger partial charge in [-0.05, 0) is 47.9 Å². The van der Waals surface area contributed by atoms with Gasteiger partial charge in [0.25, 0.3) is 11.8 Å². The normalized spacial score (nSPS) is 12.8. The van der Waals surface area contributed by atoms with Gasteiger partial charge in [0.15, 0.2) is 4.34 Å². The van der Waals surface area contributed by atoms with Crippen molar-refractivity contribution in [3.8, 4) is 5.75 Å². The van der Waals surface area contributed by atoms with Gasteiger partial charge in [0, 0.05) is 16.5 Å². The van der Waals surface area contributed by atoms with Crippen molar-refractivity contribution in [2.75, 3.05) is 23.1 Å². The van der Waals surface area contributed by atoms with Crippen LogP contribution in [0, 0.1) is 0 Å². The molecule has 3 amide bonds. The summed E-state index contributed by atoms with van der Waals surface area (Å²) < 4.78 is 6.82. The molecule has 0 saturated carbocycles. The van der Waals surface area contributed by atoms with Gasteiger partial charge >= 0.3 is 0 Å². The first kappa shape index (κ1) is 23.2. The molecule has 182 valence electrons. The van der Waals surface area contributed by atoms with Crippen molar-refractivity contribution >= 4 is 73.2 Å². The first-order chi connectivity index (χ1) is 18.0. The number of aromatic nitrogens is 1. The number of thiazole rings is 1. The van der Waals surface area contributed by atoms with Crippen LogP contribution in [0.5, 0.6) is 5.75 Å². The van der Waals surface area contributed by atoms with Gasteiger partial charge in [-0.25, -0.2) is 9.88 Å². The number of amides is 3. The Kier molecular flexibility index (Phi) is 5.86. The number of rotatable bonds is 6. The van der Waals surface area contributed by atoms with E-state index in [4.69, 9.17) is 4.74 Å². The molecule has 1 aliphatic rings. The van der Waals surface area contributed by atoms with E-state index < -0.39 is 0 Å². The molecule has 0 unspecified atom stereocenters. The van der Waals surface area contributed by atoms with Crippen LogP contribution in [0.4, 0.5) is 11.4 Å². The van der Waals surface area contributed by atoms with Crippen molar-refractivity contribution < 1.29 is 19.1 Å². The Morgan fingerprint density at radius 1 is 0.973 bits per heavy atom. The number of thioether (sulfide) groups is 1. The number of fused-ring (bicyclic) bond motifs is 1. The summed E-state index contributed by atoms with van der Waals surface area (Å²) in [5, 5.41) is 4.42. The molecule has 0 aliphatic carbocycles. The summed E-state index contributed by atoms with van der Waals surface area (Å²) in [6, 6.07) is 23.5. The van der Waals surface area contributed by atoms with Crippen LogP contribution >= 0.6 is 23.1 Å². The zero-order valence-corrected chi connectivity index (χ0v) is 21.2. The van der Waals surface area contributed by atoms with Crippen molar-refractivity contribution in [2.24, 2.45) is 0 Å². The number of hydrogen-bond donors (Lipinski definition) is 1. The molecular formula is C28H19N3O4S2. The molecule has 0 bridgehead atoms. The van der Waals surface area contributed by atoms with Crippen molar-refractivity contribution in [1.29, 1.82) is 0 Å². The van der Waals surface area contributed by atoms with E-state index in [9.17, 15) is 14.4 Å². The van der Waals surface area contributed by atoms with E-state index in [1.54, 1.807) is 49.6 Å². The van der Waals surface area contributed by atoms with E-state index in [-0.39, 0.29) is 23.5 Å². The summed E-state index contributed by atoms with van der Waals surface area (Å²) in [5.74, 6) is -0.100. The molecular weight excluding hydrogens is 506 g/mol. The highest BCUT2D eigenvalue weighted by Crippen LogP contribution is 2.36. The zero-order valence-electron chi connectivity index (χ0n) is 19.6. The predicted molar refractivity (Wildman–Crippen MR) is 147 cm³/mol. The van der Waals surface area contributed by atoms with Crippen molar-refractivity contribution in [3.05, 3.63) is 90.0 Å². The minimum absolute atomic E-state index is 0.174. The molecule has 1 aromatic heterocycles. The first-order valence-corrected chi connectivity index (χ1v) is 13.2. The highest BCUT2D eigenvalue weighted by Gasteiger charge is 2.34. The van der Waals surface area contributed by atoms with Crippen molar-refractivity contribution in [2.45, 2.75) is 4.34 Å². The van der Waals surface area contributed by atoms with E-state index in [1.165, 1.54) is 28.0 Å². The number of anilines is 2. The Morgan fingerprint density at radius 2 is 1.70 bits per heavy atom. The summed E-state index contributed by atoms with van der Waals surface area (Å²) in [6.07, 6.45) is 0. The number of benzene rings is 4. The quantitative estimate of drug-likeness (QED) is 0.216. The summed E-state index contributed by atoms with van der Waals surface area (Å²) in [6.45, 7) is 0. The SMILES string of the molecule is COc1ccccc1NC(=O)CSc1nc2ccc(N3C(=O)c4cccc5cccc(c45)C3=O)cc2s1. The van der Waals surface area contributed by atoms with Gasteiger partial charge in [-0.1, -0.05) is 48.2 Å². The number of carbonyl (C=O) groups excluding carboxylic acids is 3. The number of nitrogens with one attached hydrogen (secondary N) is 1. The summed E-state index contributed by atoms with van der Waals surface area (Å²) in [7, 11) is 1.55. The standard InChI is InChI=1S/C28H19N3O4S2/c1-35-22-11-3-2-10-20(22)29-24(32)15-36-28-30-21-13-12-17(14-23(21)37-28)31-26(33)18-8-4-6-16-7-5-9-19(25(16)18)27(31)34/h2-14H,15H2,1H3,(H,29,32). The topological polar surface area (TPSA) is 88.6 Å². The third-order valence-electron chi connectivity index (χ3n) is 6.09. The minimum atomic E-state index is -0.347. The van der Waals surface area contributed by atoms with Gasteiger partial charge in [0.1, 0.15) is 5.75 Å². The van der Waals surface area contributed by atoms with Crippen LogP contribution in [0.25, 0.3) is 21.0 Å². The fourth-order valence-corrected chi connectivity index (χ4v) is 6.32. The predicted octanol–water partition coefficient (Wildman–Crippen LogP) is 5.99. The van der Waals surface area contributed by atoms with Crippen LogP contribution in [0.15, 0.2) is 83.2 Å². The second kappa shape index (κ2) is 9.34. The van der Waals surface area contributed by atoms with Gasteiger partial charge in [0.05, 0.1) is 34.5 Å². The fourth-order valence-electron chi connectivity index (χ4n) is 4.42. The Bertz CT molecular complexity index is 1680. The second-order valence-electron chi connectivity index (χ2n) is 8.32. The molecule has 0 fully saturated rings. The third kappa shape index (κ3) is 4.12. The molecule has 37 heavy (non-hydrogen) atoms. The number of para-hydroxylation sites is 2. The summed E-state index contributed by atoms with van der Waals surface area (Å²) in [5.41, 5.74) is 2.85. The van der Waals surface area contributed by atoms with Gasteiger partial charge in [-0.3, -0.25) is 14.4 Å². The summed E-state index contributed by atoms with van der Waals surface area (Å²) in [4.78, 5) is 45.0. The van der Waals surface area contributed by atoms with Crippen LogP contribution in [0.2, 0.25) is 0 Å². The maximum absolute atomic E-state index is 13.4. The van der Waals surface area contributed by atoms with Crippen molar-refractivity contribution in [3.63, 3.8) is 0 Å². The Morgan fingerprint density at radius 3 is 2.43 bits per heavy atom. The van der Waals surface area contributed by atoms with Crippen LogP contribution in [-0.4, -0.2) is 35.6 Å². The Hall–Kier alpha value is -4.21. The highest BCUT2D eigenvalue weighted by molar-refractivity contribution is 8.01. The molecule has 6 rings (SSSR count). The van der Waals surface area contributed by atoms with E-state index in [2.05, 4.69) is 10.3 Å². The largest absolute Gasteiger partial charge is 0.495 e. The monoisotopic (exact) mass is 525 g/mol. The lowest BCUT2D eigenvalue weighted by molar-refractivity contribution is -0.113. The van der Waals surface area contributed by atoms with E-state index in [0.29, 0.717) is 38.0 Å². The molecule has 7 nitrogen and oxygen atoms in total. The maximum atomic E-state index is 13.4. The number of ether oxygens (including phenoxy) is 1. The first-order valence-electron chi connectivity index (χ1n) is 11.4. The average molecular weight is 526 g/mol. The lowest BCUT2D eigenvalue weighted by Crippen LogP contribution is -2.40. The number of methoxy groups -OCH3 is 1. The molecule has 5 aromatic rings. The van der Waals surface area contributed by atoms with Gasteiger partial charge in [-0.15, -0.1) is 11.3 Å². The van der Waals surface area contributed by atoms with E-state index >= 15 is 0 Å². The smallest absolute Gasteiger partial charge is 0.265 e. The van der Waals surface area contributed by atoms with Crippen LogP contribution in [-0.2, 0) is 4.79 Å². The molecule has 0 spiro atoms. The van der Waals surface area contributed by atoms with Crippen LogP contribution in [0.3, 0.4) is 0 Å². The van der Waals surface area contributed by atoms with Gasteiger partial charge in [-0.2, -0.15) is 0 Å². The molecule has 4 aromatic carbocycles. The van der Waals surface area contributed by atoms with E-state index in [1.807, 2.05) is 36.4 Å². The molecule has 9 heteroatoms. The molecule has 0 atom stereocenters. The van der Waals surface area contributed by atoms with Crippen LogP contribution in [0.1, 0.15) is 20.7 Å². The number of hydrogen-bond acceptors (Lipinski definition) is 7. The molecule has 1 aliphatic heterocycles. The lowest BCUT2D eigenvalue weighted by atomic mass is 9.94. The third-order valence-corrected chi connectivity index (χ3v) is 8.25. The molecule has 2 heterocycles. The molecule has 1 N–H and O–H groups in total. The number of nitrogens with zero attached hydrogens (tertiary/aromatic N) is 2. The van der Waals surface area contributed by atoms with Crippen LogP contribution < -0.4 is 15.0 Å². The zero-order chi connectivity index (χ0) is 25.5. The minimum Gasteiger partial charge on any atom is -0.495 e. The maximum Gasteiger partial charge on any atom is 0.265 e. The average Bonchev–Trinajstić information content (AvgIpc) is 3.33. The second-order valence-corrected chi connectivity index (χ2v) is 10.6. The molecule has 0 saturated heterocycles. The highest BCUT2D eigenvalue weighted by atomic mass is 32.2. The number of imide groups is 1. The Balaban J connectivity index is 1.23. The Labute approximate surface area is 220 Å². The lowest BCUT2D eigenvalue weighted by Gasteiger charge is -2.27. The van der Waals surface area contributed by atoms with Gasteiger partial charge in [0.2, 0.25) is 5.91 Å². The number of carbonyl (C=O) groups is 3. The van der Waals surface area contributed by atoms with Crippen molar-refractivity contribution in [1.82, 2.24) is 4.98 Å². The fraction of sp³-hybridized carbons (Fsp3) is 0.0714. The van der Waals surface area contributed by atoms with Gasteiger partial charge < -0.3 is 10.1 Å². The molecule has 0 radical (unpaired) electrons.